The summed E-state index contributed by atoms with van der Waals surface area (Å²) < 4.78 is 13.9. The highest BCUT2D eigenvalue weighted by molar-refractivity contribution is 6.30. The molecule has 2 aliphatic heterocycles. The van der Waals surface area contributed by atoms with E-state index >= 15 is 0 Å². The van der Waals surface area contributed by atoms with Gasteiger partial charge in [0.15, 0.2) is 0 Å². The summed E-state index contributed by atoms with van der Waals surface area (Å²) in [5.41, 5.74) is -0.0872. The minimum absolute atomic E-state index is 0.0642. The lowest BCUT2D eigenvalue weighted by molar-refractivity contribution is -0.146. The van der Waals surface area contributed by atoms with Crippen LogP contribution >= 0.6 is 11.6 Å². The number of hydrogen-bond donors (Lipinski definition) is 1. The second kappa shape index (κ2) is 6.33. The summed E-state index contributed by atoms with van der Waals surface area (Å²) in [4.78, 5) is 27.3. The number of aliphatic carboxylic acids is 1. The van der Waals surface area contributed by atoms with E-state index in [-0.39, 0.29) is 18.1 Å². The quantitative estimate of drug-likeness (QED) is 0.905. The first-order valence-corrected chi connectivity index (χ1v) is 8.37. The highest BCUT2D eigenvalue weighted by atomic mass is 35.5. The van der Waals surface area contributed by atoms with Gasteiger partial charge in [-0.3, -0.25) is 14.5 Å². The van der Waals surface area contributed by atoms with Crippen LogP contribution in [0.4, 0.5) is 4.39 Å². The first-order valence-electron chi connectivity index (χ1n) is 7.99. The van der Waals surface area contributed by atoms with Gasteiger partial charge in [0.25, 0.3) is 0 Å². The second-order valence-electron chi connectivity index (χ2n) is 6.66. The molecule has 2 fully saturated rings. The molecule has 130 valence electrons. The average Bonchev–Trinajstić information content (AvgIpc) is 2.79. The molecule has 1 aromatic carbocycles. The molecule has 1 aromatic rings. The molecule has 2 heterocycles. The van der Waals surface area contributed by atoms with Crippen LogP contribution in [-0.4, -0.2) is 52.5 Å². The third kappa shape index (κ3) is 2.89. The largest absolute Gasteiger partial charge is 0.481 e. The van der Waals surface area contributed by atoms with E-state index in [0.29, 0.717) is 43.1 Å². The van der Waals surface area contributed by atoms with Crippen molar-refractivity contribution in [3.8, 4) is 0 Å². The van der Waals surface area contributed by atoms with Gasteiger partial charge in [0.2, 0.25) is 5.91 Å². The topological polar surface area (TPSA) is 60.9 Å². The summed E-state index contributed by atoms with van der Waals surface area (Å²) in [5, 5.41) is 9.97. The van der Waals surface area contributed by atoms with Crippen LogP contribution in [0.25, 0.3) is 0 Å². The van der Waals surface area contributed by atoms with Gasteiger partial charge in [-0.1, -0.05) is 11.6 Å². The maximum Gasteiger partial charge on any atom is 0.309 e. The van der Waals surface area contributed by atoms with E-state index in [1.165, 1.54) is 12.1 Å². The third-order valence-electron chi connectivity index (χ3n) is 5.49. The number of likely N-dealkylation sites (tertiary alicyclic amines) is 2. The number of amides is 1. The zero-order chi connectivity index (χ0) is 17.5. The number of carboxylic acids is 1. The monoisotopic (exact) mass is 354 g/mol. The normalized spacial score (nSPS) is 23.9. The summed E-state index contributed by atoms with van der Waals surface area (Å²) >= 11 is 5.93. The first kappa shape index (κ1) is 17.2. The zero-order valence-corrected chi connectivity index (χ0v) is 14.2. The lowest BCUT2D eigenvalue weighted by atomic mass is 9.77. The molecule has 0 bridgehead atoms. The molecule has 7 heteroatoms. The van der Waals surface area contributed by atoms with Crippen molar-refractivity contribution in [2.75, 3.05) is 20.1 Å². The van der Waals surface area contributed by atoms with Gasteiger partial charge in [-0.15, -0.1) is 0 Å². The number of halogens is 2. The fraction of sp³-hybridized carbons (Fsp3) is 0.529. The molecular formula is C17H20ClFN2O3. The highest BCUT2D eigenvalue weighted by Crippen LogP contribution is 2.43. The number of hydrogen-bond acceptors (Lipinski definition) is 3. The molecule has 2 aliphatic rings. The Kier molecular flexibility index (Phi) is 4.53. The molecule has 2 saturated heterocycles. The Labute approximate surface area is 145 Å². The maximum absolute atomic E-state index is 13.9. The van der Waals surface area contributed by atoms with Gasteiger partial charge in [0.1, 0.15) is 5.82 Å². The van der Waals surface area contributed by atoms with E-state index in [1.54, 1.807) is 18.0 Å². The third-order valence-corrected chi connectivity index (χ3v) is 5.73. The molecule has 5 nitrogen and oxygen atoms in total. The van der Waals surface area contributed by atoms with Crippen LogP contribution in [-0.2, 0) is 16.1 Å². The SMILES string of the molecule is CN1C(=O)C[C@@H](C(=O)O)C12CCN(Cc1cc(Cl)ccc1F)CC2. The Balaban J connectivity index is 1.72. The predicted molar refractivity (Wildman–Crippen MR) is 87.2 cm³/mol. The molecule has 1 N–H and O–H groups in total. The van der Waals surface area contributed by atoms with Crippen molar-refractivity contribution >= 4 is 23.5 Å². The van der Waals surface area contributed by atoms with Crippen LogP contribution in [0.2, 0.25) is 5.02 Å². The number of carboxylic acid groups (broad SMARTS) is 1. The number of carbonyl (C=O) groups is 2. The highest BCUT2D eigenvalue weighted by Gasteiger charge is 2.55. The molecule has 1 spiro atoms. The van der Waals surface area contributed by atoms with Crippen LogP contribution < -0.4 is 0 Å². The first-order chi connectivity index (χ1) is 11.3. The maximum atomic E-state index is 13.9. The number of piperidine rings is 1. The van der Waals surface area contributed by atoms with Gasteiger partial charge >= 0.3 is 5.97 Å². The van der Waals surface area contributed by atoms with E-state index in [9.17, 15) is 19.1 Å². The van der Waals surface area contributed by atoms with Crippen molar-refractivity contribution in [3.05, 3.63) is 34.6 Å². The zero-order valence-electron chi connectivity index (χ0n) is 13.5. The molecule has 0 unspecified atom stereocenters. The van der Waals surface area contributed by atoms with Crippen molar-refractivity contribution < 1.29 is 19.1 Å². The lowest BCUT2D eigenvalue weighted by Crippen LogP contribution is -2.55. The molecular weight excluding hydrogens is 335 g/mol. The standard InChI is InChI=1S/C17H20ClFN2O3/c1-20-15(22)9-13(16(23)24)17(20)4-6-21(7-5-17)10-11-8-12(18)2-3-14(11)19/h2-3,8,13H,4-7,9-10H2,1H3,(H,23,24)/t13-/m0/s1. The van der Waals surface area contributed by atoms with Gasteiger partial charge in [0.05, 0.1) is 11.5 Å². The van der Waals surface area contributed by atoms with Crippen molar-refractivity contribution in [2.45, 2.75) is 31.3 Å². The van der Waals surface area contributed by atoms with Gasteiger partial charge in [-0.25, -0.2) is 4.39 Å². The number of carbonyl (C=O) groups excluding carboxylic acids is 1. The summed E-state index contributed by atoms with van der Waals surface area (Å²) in [6.07, 6.45) is 1.22. The lowest BCUT2D eigenvalue weighted by Gasteiger charge is -2.45. The van der Waals surface area contributed by atoms with Crippen LogP contribution in [0.15, 0.2) is 18.2 Å². The molecule has 0 aromatic heterocycles. The van der Waals surface area contributed by atoms with E-state index in [4.69, 9.17) is 11.6 Å². The predicted octanol–water partition coefficient (Wildman–Crippen LogP) is 2.38. The Morgan fingerprint density at radius 3 is 2.71 bits per heavy atom. The smallest absolute Gasteiger partial charge is 0.309 e. The fourth-order valence-corrected chi connectivity index (χ4v) is 4.18. The van der Waals surface area contributed by atoms with E-state index in [1.807, 2.05) is 0 Å². The van der Waals surface area contributed by atoms with Crippen LogP contribution in [0.1, 0.15) is 24.8 Å². The number of benzene rings is 1. The molecule has 1 amide bonds. The summed E-state index contributed by atoms with van der Waals surface area (Å²) in [6, 6.07) is 4.49. The number of rotatable bonds is 3. The fourth-order valence-electron chi connectivity index (χ4n) is 3.99. The Hall–Kier alpha value is -1.66. The van der Waals surface area contributed by atoms with Crippen LogP contribution in [0.5, 0.6) is 0 Å². The molecule has 0 saturated carbocycles. The molecule has 3 rings (SSSR count). The van der Waals surface area contributed by atoms with Crippen LogP contribution in [0.3, 0.4) is 0 Å². The van der Waals surface area contributed by atoms with Crippen molar-refractivity contribution in [1.29, 1.82) is 0 Å². The summed E-state index contributed by atoms with van der Waals surface area (Å²) in [5.74, 6) is -1.99. The Morgan fingerprint density at radius 2 is 2.08 bits per heavy atom. The summed E-state index contributed by atoms with van der Waals surface area (Å²) in [6.45, 7) is 1.67. The van der Waals surface area contributed by atoms with Crippen molar-refractivity contribution in [2.24, 2.45) is 5.92 Å². The molecule has 0 aliphatic carbocycles. The molecule has 1 atom stereocenters. The van der Waals surface area contributed by atoms with Crippen molar-refractivity contribution in [3.63, 3.8) is 0 Å². The van der Waals surface area contributed by atoms with E-state index < -0.39 is 17.4 Å². The summed E-state index contributed by atoms with van der Waals surface area (Å²) in [7, 11) is 1.69. The van der Waals surface area contributed by atoms with Gasteiger partial charge < -0.3 is 10.0 Å². The molecule has 0 radical (unpaired) electrons. The second-order valence-corrected chi connectivity index (χ2v) is 7.10. The van der Waals surface area contributed by atoms with Gasteiger partial charge in [0, 0.05) is 43.7 Å². The number of nitrogens with zero attached hydrogens (tertiary/aromatic N) is 2. The van der Waals surface area contributed by atoms with Gasteiger partial charge in [-0.05, 0) is 31.0 Å². The average molecular weight is 355 g/mol. The van der Waals surface area contributed by atoms with Crippen LogP contribution in [0, 0.1) is 11.7 Å². The van der Waals surface area contributed by atoms with Gasteiger partial charge in [-0.2, -0.15) is 0 Å². The molecule has 24 heavy (non-hydrogen) atoms. The van der Waals surface area contributed by atoms with E-state index in [2.05, 4.69) is 4.90 Å². The Morgan fingerprint density at radius 1 is 1.42 bits per heavy atom. The van der Waals surface area contributed by atoms with Crippen molar-refractivity contribution in [1.82, 2.24) is 9.80 Å². The van der Waals surface area contributed by atoms with E-state index in [0.717, 1.165) is 0 Å². The minimum Gasteiger partial charge on any atom is -0.481 e. The Bertz CT molecular complexity index is 674. The minimum atomic E-state index is -0.915.